The number of para-hydroxylation sites is 1. The number of aromatic nitrogens is 3. The molecule has 6 heteroatoms. The molecule has 0 fully saturated rings. The van der Waals surface area contributed by atoms with Gasteiger partial charge in [0, 0.05) is 19.8 Å². The van der Waals surface area contributed by atoms with Gasteiger partial charge in [0.05, 0.1) is 12.1 Å². The summed E-state index contributed by atoms with van der Waals surface area (Å²) in [6.07, 6.45) is 1.76. The summed E-state index contributed by atoms with van der Waals surface area (Å²) < 4.78 is 6.73. The maximum absolute atomic E-state index is 12.5. The van der Waals surface area contributed by atoms with E-state index in [2.05, 4.69) is 10.3 Å². The Kier molecular flexibility index (Phi) is 4.79. The molecule has 0 aliphatic carbocycles. The molecule has 0 spiro atoms. The Morgan fingerprint density at radius 3 is 2.56 bits per heavy atom. The second-order valence-electron chi connectivity index (χ2n) is 5.73. The zero-order chi connectivity index (χ0) is 17.8. The predicted octanol–water partition coefficient (Wildman–Crippen LogP) is 3.06. The molecule has 25 heavy (non-hydrogen) atoms. The van der Waals surface area contributed by atoms with Gasteiger partial charge >= 0.3 is 5.97 Å². The van der Waals surface area contributed by atoms with Gasteiger partial charge in [0.25, 0.3) is 0 Å². The van der Waals surface area contributed by atoms with E-state index in [0.29, 0.717) is 12.3 Å². The minimum absolute atomic E-state index is 0.294. The van der Waals surface area contributed by atoms with Crippen LogP contribution in [0, 0.1) is 0 Å². The molecule has 0 saturated carbocycles. The van der Waals surface area contributed by atoms with Gasteiger partial charge in [-0.25, -0.2) is 9.48 Å². The lowest BCUT2D eigenvalue weighted by molar-refractivity contribution is -0.136. The molecule has 0 atom stereocenters. The molecule has 1 aromatic heterocycles. The number of anilines is 1. The predicted molar refractivity (Wildman–Crippen MR) is 99.1 cm³/mol. The van der Waals surface area contributed by atoms with E-state index in [-0.39, 0.29) is 0 Å². The quantitative estimate of drug-likeness (QED) is 0.529. The highest BCUT2D eigenvalue weighted by molar-refractivity contribution is 6.16. The summed E-state index contributed by atoms with van der Waals surface area (Å²) in [7, 11) is 3.97. The molecule has 2 aromatic carbocycles. The molecule has 6 nitrogen and oxygen atoms in total. The van der Waals surface area contributed by atoms with Crippen molar-refractivity contribution in [3.63, 3.8) is 0 Å². The van der Waals surface area contributed by atoms with E-state index >= 15 is 0 Å². The second kappa shape index (κ2) is 7.17. The number of ether oxygens (including phenoxy) is 1. The van der Waals surface area contributed by atoms with Crippen molar-refractivity contribution >= 4 is 34.5 Å². The highest BCUT2D eigenvalue weighted by Gasteiger charge is 2.17. The number of nitrogens with zero attached hydrogens (tertiary/aromatic N) is 4. The number of rotatable bonds is 5. The molecular formula is C19H20N4O2. The van der Waals surface area contributed by atoms with Crippen molar-refractivity contribution < 1.29 is 9.53 Å². The van der Waals surface area contributed by atoms with Crippen LogP contribution in [0.1, 0.15) is 12.5 Å². The Morgan fingerprint density at radius 1 is 1.16 bits per heavy atom. The number of fused-ring (bicyclic) bond motifs is 1. The van der Waals surface area contributed by atoms with Crippen molar-refractivity contribution in [1.82, 2.24) is 15.0 Å². The zero-order valence-corrected chi connectivity index (χ0v) is 14.5. The topological polar surface area (TPSA) is 60.2 Å². The number of esters is 1. The Morgan fingerprint density at radius 2 is 1.88 bits per heavy atom. The molecule has 0 bridgehead atoms. The smallest absolute Gasteiger partial charge is 0.357 e. The molecule has 0 radical (unpaired) electrons. The van der Waals surface area contributed by atoms with Gasteiger partial charge in [0.2, 0.25) is 0 Å². The Bertz CT molecular complexity index is 911. The van der Waals surface area contributed by atoms with Gasteiger partial charge in [-0.15, -0.1) is 5.10 Å². The number of carbonyl (C=O) groups is 1. The molecule has 3 aromatic rings. The van der Waals surface area contributed by atoms with Gasteiger partial charge in [-0.1, -0.05) is 29.5 Å². The van der Waals surface area contributed by atoms with E-state index in [9.17, 15) is 4.79 Å². The van der Waals surface area contributed by atoms with E-state index in [1.165, 1.54) is 4.68 Å². The lowest BCUT2D eigenvalue weighted by Gasteiger charge is -2.12. The largest absolute Gasteiger partial charge is 0.461 e. The SMILES string of the molecule is CCOC(=O)/C(=C/c1ccc(N(C)C)cc1)n1nnc2ccccc21. The molecule has 128 valence electrons. The monoisotopic (exact) mass is 336 g/mol. The van der Waals surface area contributed by atoms with Gasteiger partial charge < -0.3 is 9.64 Å². The van der Waals surface area contributed by atoms with Crippen molar-refractivity contribution in [3.05, 3.63) is 54.1 Å². The van der Waals surface area contributed by atoms with E-state index in [1.807, 2.05) is 67.5 Å². The number of benzene rings is 2. The molecule has 0 aliphatic heterocycles. The lowest BCUT2D eigenvalue weighted by Crippen LogP contribution is -2.13. The first-order valence-corrected chi connectivity index (χ1v) is 8.07. The highest BCUT2D eigenvalue weighted by Crippen LogP contribution is 2.20. The fourth-order valence-corrected chi connectivity index (χ4v) is 2.48. The molecule has 0 saturated heterocycles. The molecule has 0 amide bonds. The second-order valence-corrected chi connectivity index (χ2v) is 5.73. The summed E-state index contributed by atoms with van der Waals surface area (Å²) >= 11 is 0. The Balaban J connectivity index is 2.07. The Hall–Kier alpha value is -3.15. The van der Waals surface area contributed by atoms with Crippen molar-refractivity contribution in [2.24, 2.45) is 0 Å². The van der Waals surface area contributed by atoms with Gasteiger partial charge in [-0.05, 0) is 42.8 Å². The molecule has 0 N–H and O–H groups in total. The summed E-state index contributed by atoms with van der Waals surface area (Å²) in [5.74, 6) is -0.435. The van der Waals surface area contributed by atoms with Crippen molar-refractivity contribution in [2.45, 2.75) is 6.92 Å². The number of carbonyl (C=O) groups excluding carboxylic acids is 1. The summed E-state index contributed by atoms with van der Waals surface area (Å²) in [5, 5.41) is 8.25. The third-order valence-corrected chi connectivity index (χ3v) is 3.78. The minimum Gasteiger partial charge on any atom is -0.461 e. The summed E-state index contributed by atoms with van der Waals surface area (Å²) in [6.45, 7) is 2.07. The summed E-state index contributed by atoms with van der Waals surface area (Å²) in [4.78, 5) is 14.5. The Labute approximate surface area is 146 Å². The average Bonchev–Trinajstić information content (AvgIpc) is 3.04. The van der Waals surface area contributed by atoms with Gasteiger partial charge in [0.15, 0.2) is 5.70 Å². The van der Waals surface area contributed by atoms with Crippen LogP contribution in [0.25, 0.3) is 22.8 Å². The maximum atomic E-state index is 12.5. The van der Waals surface area contributed by atoms with Crippen LogP contribution in [0.3, 0.4) is 0 Å². The summed E-state index contributed by atoms with van der Waals surface area (Å²) in [6, 6.07) is 15.4. The third-order valence-electron chi connectivity index (χ3n) is 3.78. The number of hydrogen-bond acceptors (Lipinski definition) is 5. The van der Waals surface area contributed by atoms with Crippen molar-refractivity contribution in [3.8, 4) is 0 Å². The van der Waals surface area contributed by atoms with Gasteiger partial charge in [-0.3, -0.25) is 0 Å². The van der Waals surface area contributed by atoms with E-state index < -0.39 is 5.97 Å². The van der Waals surface area contributed by atoms with Crippen LogP contribution in [-0.4, -0.2) is 41.7 Å². The van der Waals surface area contributed by atoms with Crippen LogP contribution in [-0.2, 0) is 9.53 Å². The van der Waals surface area contributed by atoms with Crippen LogP contribution < -0.4 is 4.90 Å². The first-order valence-electron chi connectivity index (χ1n) is 8.07. The first-order chi connectivity index (χ1) is 12.1. The van der Waals surface area contributed by atoms with E-state index in [1.54, 1.807) is 13.0 Å². The van der Waals surface area contributed by atoms with Crippen LogP contribution >= 0.6 is 0 Å². The first kappa shape index (κ1) is 16.7. The lowest BCUT2D eigenvalue weighted by atomic mass is 10.1. The normalized spacial score (nSPS) is 11.6. The van der Waals surface area contributed by atoms with Crippen LogP contribution in [0.4, 0.5) is 5.69 Å². The molecule has 0 aliphatic rings. The van der Waals surface area contributed by atoms with Gasteiger partial charge in [-0.2, -0.15) is 0 Å². The zero-order valence-electron chi connectivity index (χ0n) is 14.5. The fourth-order valence-electron chi connectivity index (χ4n) is 2.48. The maximum Gasteiger partial charge on any atom is 0.357 e. The molecular weight excluding hydrogens is 316 g/mol. The third kappa shape index (κ3) is 3.52. The fraction of sp³-hybridized carbons (Fsp3) is 0.211. The molecule has 1 heterocycles. The molecule has 0 unspecified atom stereocenters. The van der Waals surface area contributed by atoms with E-state index in [0.717, 1.165) is 22.3 Å². The van der Waals surface area contributed by atoms with Crippen molar-refractivity contribution in [2.75, 3.05) is 25.6 Å². The highest BCUT2D eigenvalue weighted by atomic mass is 16.5. The van der Waals surface area contributed by atoms with Crippen LogP contribution in [0.2, 0.25) is 0 Å². The van der Waals surface area contributed by atoms with Crippen molar-refractivity contribution in [1.29, 1.82) is 0 Å². The van der Waals surface area contributed by atoms with E-state index in [4.69, 9.17) is 4.74 Å². The summed E-state index contributed by atoms with van der Waals surface area (Å²) in [5.41, 5.74) is 3.77. The van der Waals surface area contributed by atoms with Gasteiger partial charge in [0.1, 0.15) is 5.52 Å². The minimum atomic E-state index is -0.435. The average molecular weight is 336 g/mol. The molecule has 3 rings (SSSR count). The van der Waals surface area contributed by atoms with Crippen LogP contribution in [0.15, 0.2) is 48.5 Å². The number of hydrogen-bond donors (Lipinski definition) is 0. The van der Waals surface area contributed by atoms with Crippen LogP contribution in [0.5, 0.6) is 0 Å². The standard InChI is InChI=1S/C19H20N4O2/c1-4-25-19(24)18(13-14-9-11-15(12-10-14)22(2)3)23-17-8-6-5-7-16(17)20-21-23/h5-13H,4H2,1-3H3/b18-13-.